The number of nitrogens with zero attached hydrogens (tertiary/aromatic N) is 3. The zero-order valence-electron chi connectivity index (χ0n) is 15.7. The lowest BCUT2D eigenvalue weighted by molar-refractivity contribution is 0.0909. The molecule has 1 aliphatic carbocycles. The first-order valence-corrected chi connectivity index (χ1v) is 8.88. The van der Waals surface area contributed by atoms with Gasteiger partial charge in [0.25, 0.3) is 0 Å². The van der Waals surface area contributed by atoms with Crippen molar-refractivity contribution in [3.63, 3.8) is 0 Å². The number of ketones is 1. The number of benzene rings is 1. The number of hydrogen-bond acceptors (Lipinski definition) is 4. The Morgan fingerprint density at radius 1 is 1.19 bits per heavy atom. The molecule has 0 fully saturated rings. The maximum absolute atomic E-state index is 12.6. The van der Waals surface area contributed by atoms with Crippen LogP contribution in [0.3, 0.4) is 0 Å². The van der Waals surface area contributed by atoms with Gasteiger partial charge in [0, 0.05) is 19.7 Å². The molecule has 2 heterocycles. The molecule has 0 bridgehead atoms. The van der Waals surface area contributed by atoms with Crippen LogP contribution in [0.5, 0.6) is 0 Å². The van der Waals surface area contributed by atoms with E-state index in [4.69, 9.17) is 9.72 Å². The number of carbonyl (C=O) groups excluding carboxylic acids is 1. The summed E-state index contributed by atoms with van der Waals surface area (Å²) in [7, 11) is 1.66. The van der Waals surface area contributed by atoms with E-state index in [1.54, 1.807) is 11.6 Å². The summed E-state index contributed by atoms with van der Waals surface area (Å²) in [5.74, 6) is 0.145. The third kappa shape index (κ3) is 2.82. The Hall–Kier alpha value is -2.53. The summed E-state index contributed by atoms with van der Waals surface area (Å²) in [6.07, 6.45) is 3.18. The van der Waals surface area contributed by atoms with Crippen molar-refractivity contribution in [1.82, 2.24) is 14.6 Å². The minimum Gasteiger partial charge on any atom is -0.378 e. The Morgan fingerprint density at radius 2 is 1.92 bits per heavy atom. The Kier molecular flexibility index (Phi) is 3.92. The van der Waals surface area contributed by atoms with Crippen LogP contribution in [0.4, 0.5) is 0 Å². The summed E-state index contributed by atoms with van der Waals surface area (Å²) in [4.78, 5) is 17.5. The molecule has 1 aromatic carbocycles. The first kappa shape index (κ1) is 16.9. The highest BCUT2D eigenvalue weighted by atomic mass is 16.5. The van der Waals surface area contributed by atoms with Crippen LogP contribution in [0.15, 0.2) is 30.5 Å². The van der Waals surface area contributed by atoms with Crippen LogP contribution in [0.2, 0.25) is 0 Å². The smallest absolute Gasteiger partial charge is 0.166 e. The number of aromatic nitrogens is 3. The van der Waals surface area contributed by atoms with Crippen LogP contribution >= 0.6 is 0 Å². The summed E-state index contributed by atoms with van der Waals surface area (Å²) in [6.45, 7) is 6.70. The molecule has 0 saturated heterocycles. The van der Waals surface area contributed by atoms with Crippen LogP contribution in [0.1, 0.15) is 47.6 Å². The van der Waals surface area contributed by atoms with Crippen molar-refractivity contribution in [3.8, 4) is 11.1 Å². The predicted molar refractivity (Wildman–Crippen MR) is 100 cm³/mol. The number of methoxy groups -OCH3 is 1. The third-order valence-electron chi connectivity index (χ3n) is 4.97. The van der Waals surface area contributed by atoms with Gasteiger partial charge in [-0.1, -0.05) is 43.7 Å². The highest BCUT2D eigenvalue weighted by Crippen LogP contribution is 2.36. The van der Waals surface area contributed by atoms with Crippen molar-refractivity contribution in [3.05, 3.63) is 53.0 Å². The van der Waals surface area contributed by atoms with E-state index in [2.05, 4.69) is 50.1 Å². The second kappa shape index (κ2) is 6.02. The van der Waals surface area contributed by atoms with E-state index in [-0.39, 0.29) is 11.2 Å². The summed E-state index contributed by atoms with van der Waals surface area (Å²) in [5, 5.41) is 4.66. The normalized spacial score (nSPS) is 16.1. The van der Waals surface area contributed by atoms with Crippen molar-refractivity contribution in [2.45, 2.75) is 40.2 Å². The minimum absolute atomic E-state index is 0.0607. The van der Waals surface area contributed by atoms with E-state index >= 15 is 0 Å². The minimum atomic E-state index is -0.0607. The van der Waals surface area contributed by atoms with E-state index < -0.39 is 0 Å². The zero-order valence-corrected chi connectivity index (χ0v) is 15.7. The Labute approximate surface area is 153 Å². The molecule has 0 radical (unpaired) electrons. The fraction of sp³-hybridized carbons (Fsp3) is 0.381. The van der Waals surface area contributed by atoms with E-state index in [9.17, 15) is 4.79 Å². The highest BCUT2D eigenvalue weighted by Gasteiger charge is 2.33. The van der Waals surface area contributed by atoms with Gasteiger partial charge in [0.15, 0.2) is 11.4 Å². The van der Waals surface area contributed by atoms with E-state index in [0.717, 1.165) is 34.6 Å². The summed E-state index contributed by atoms with van der Waals surface area (Å²) in [6, 6.07) is 8.34. The molecular weight excluding hydrogens is 326 g/mol. The van der Waals surface area contributed by atoms with Gasteiger partial charge in [-0.2, -0.15) is 5.10 Å². The number of ether oxygens (including phenoxy) is 1. The van der Waals surface area contributed by atoms with Crippen LogP contribution in [0.25, 0.3) is 16.8 Å². The largest absolute Gasteiger partial charge is 0.378 e. The molecule has 2 aromatic heterocycles. The molecule has 5 heteroatoms. The van der Waals surface area contributed by atoms with Gasteiger partial charge in [0.2, 0.25) is 0 Å². The molecule has 0 unspecified atom stereocenters. The molecule has 5 nitrogen and oxygen atoms in total. The molecule has 0 N–H and O–H groups in total. The van der Waals surface area contributed by atoms with Crippen molar-refractivity contribution < 1.29 is 9.53 Å². The number of rotatable bonds is 3. The highest BCUT2D eigenvalue weighted by molar-refractivity contribution is 5.99. The molecule has 0 amide bonds. The van der Waals surface area contributed by atoms with Crippen LogP contribution in [-0.2, 0) is 17.8 Å². The van der Waals surface area contributed by atoms with Crippen LogP contribution < -0.4 is 0 Å². The van der Waals surface area contributed by atoms with E-state index in [1.165, 1.54) is 5.56 Å². The standard InChI is InChI=1S/C21H23N3O2/c1-13-5-7-14(8-6-13)19-17(12-26-4)23-24-11-15-16(22-20(19)24)9-21(2,3)10-18(15)25/h5-8,11H,9-10,12H2,1-4H3. The molecule has 0 aliphatic heterocycles. The lowest BCUT2D eigenvalue weighted by Crippen LogP contribution is -2.28. The fourth-order valence-corrected chi connectivity index (χ4v) is 3.72. The Bertz CT molecular complexity index is 1000. The van der Waals surface area contributed by atoms with Gasteiger partial charge in [-0.05, 0) is 24.3 Å². The molecule has 134 valence electrons. The van der Waals surface area contributed by atoms with Gasteiger partial charge in [-0.15, -0.1) is 0 Å². The average molecular weight is 349 g/mol. The predicted octanol–water partition coefficient (Wildman–Crippen LogP) is 4.01. The number of hydrogen-bond donors (Lipinski definition) is 0. The van der Waals surface area contributed by atoms with Crippen molar-refractivity contribution in [1.29, 1.82) is 0 Å². The number of Topliss-reactive ketones (excluding diaryl/α,β-unsaturated/α-hetero) is 1. The molecule has 3 aromatic rings. The molecule has 0 atom stereocenters. The van der Waals surface area contributed by atoms with Gasteiger partial charge < -0.3 is 4.74 Å². The summed E-state index contributed by atoms with van der Waals surface area (Å²) in [5.41, 5.74) is 6.36. The van der Waals surface area contributed by atoms with Crippen LogP contribution in [0, 0.1) is 12.3 Å². The second-order valence-electron chi connectivity index (χ2n) is 7.93. The molecule has 0 spiro atoms. The Balaban J connectivity index is 1.96. The zero-order chi connectivity index (χ0) is 18.5. The maximum Gasteiger partial charge on any atom is 0.166 e. The van der Waals surface area contributed by atoms with Gasteiger partial charge >= 0.3 is 0 Å². The summed E-state index contributed by atoms with van der Waals surface area (Å²) >= 11 is 0. The molecule has 26 heavy (non-hydrogen) atoms. The van der Waals surface area contributed by atoms with Gasteiger partial charge in [-0.25, -0.2) is 9.50 Å². The quantitative estimate of drug-likeness (QED) is 0.717. The first-order valence-electron chi connectivity index (χ1n) is 8.88. The molecule has 0 saturated carbocycles. The maximum atomic E-state index is 12.6. The van der Waals surface area contributed by atoms with Gasteiger partial charge in [-0.3, -0.25) is 4.79 Å². The molecule has 4 rings (SSSR count). The number of carbonyl (C=O) groups is 1. The molecular formula is C21H23N3O2. The first-order chi connectivity index (χ1) is 12.4. The van der Waals surface area contributed by atoms with Crippen molar-refractivity contribution in [2.24, 2.45) is 5.41 Å². The molecule has 1 aliphatic rings. The monoisotopic (exact) mass is 349 g/mol. The number of fused-ring (bicyclic) bond motifs is 2. The Morgan fingerprint density at radius 3 is 2.62 bits per heavy atom. The lowest BCUT2D eigenvalue weighted by atomic mass is 9.76. The fourth-order valence-electron chi connectivity index (χ4n) is 3.72. The average Bonchev–Trinajstić information content (AvgIpc) is 2.90. The van der Waals surface area contributed by atoms with E-state index in [0.29, 0.717) is 18.6 Å². The van der Waals surface area contributed by atoms with Gasteiger partial charge in [0.1, 0.15) is 0 Å². The topological polar surface area (TPSA) is 56.5 Å². The van der Waals surface area contributed by atoms with Crippen LogP contribution in [-0.4, -0.2) is 27.5 Å². The lowest BCUT2D eigenvalue weighted by Gasteiger charge is -2.29. The van der Waals surface area contributed by atoms with Crippen molar-refractivity contribution in [2.75, 3.05) is 7.11 Å². The van der Waals surface area contributed by atoms with E-state index in [1.807, 2.05) is 6.20 Å². The second-order valence-corrected chi connectivity index (χ2v) is 7.93. The van der Waals surface area contributed by atoms with Crippen molar-refractivity contribution >= 4 is 11.4 Å². The SMILES string of the molecule is COCc1nn2cc3c(nc2c1-c1ccc(C)cc1)CC(C)(C)CC3=O. The third-order valence-corrected chi connectivity index (χ3v) is 4.97. The summed E-state index contributed by atoms with van der Waals surface area (Å²) < 4.78 is 7.09. The van der Waals surface area contributed by atoms with Gasteiger partial charge in [0.05, 0.1) is 29.1 Å². The number of aryl methyl sites for hydroxylation is 1.